The first-order valence-electron chi connectivity index (χ1n) is 8.19. The van der Waals surface area contributed by atoms with Gasteiger partial charge in [-0.05, 0) is 25.0 Å². The highest BCUT2D eigenvalue weighted by Crippen LogP contribution is 2.04. The van der Waals surface area contributed by atoms with E-state index >= 15 is 0 Å². The van der Waals surface area contributed by atoms with Crippen LogP contribution in [0.5, 0.6) is 0 Å². The summed E-state index contributed by atoms with van der Waals surface area (Å²) in [6, 6.07) is 19.4. The summed E-state index contributed by atoms with van der Waals surface area (Å²) in [5.74, 6) is -0.289. The Labute approximate surface area is 143 Å². The molecule has 0 aliphatic heterocycles. The van der Waals surface area contributed by atoms with Gasteiger partial charge in [0.15, 0.2) is 0 Å². The fraction of sp³-hybridized carbons (Fsp3) is 0.300. The van der Waals surface area contributed by atoms with Crippen molar-refractivity contribution < 1.29 is 9.53 Å². The summed E-state index contributed by atoms with van der Waals surface area (Å²) in [6.45, 7) is 5.16. The van der Waals surface area contributed by atoms with Gasteiger partial charge in [-0.25, -0.2) is 4.79 Å². The molecule has 1 atom stereocenters. The lowest BCUT2D eigenvalue weighted by Gasteiger charge is -2.17. The Morgan fingerprint density at radius 2 is 1.62 bits per heavy atom. The molecule has 2 aromatic rings. The van der Waals surface area contributed by atoms with E-state index in [0.717, 1.165) is 16.8 Å². The number of hydrogen-bond acceptors (Lipinski definition) is 4. The second-order valence-corrected chi connectivity index (χ2v) is 5.49. The number of carbonyl (C=O) groups excluding carboxylic acids is 1. The Bertz CT molecular complexity index is 654. The van der Waals surface area contributed by atoms with E-state index in [1.165, 1.54) is 0 Å². The highest BCUT2D eigenvalue weighted by molar-refractivity contribution is 6.04. The van der Waals surface area contributed by atoms with Crippen LogP contribution in [0.3, 0.4) is 0 Å². The van der Waals surface area contributed by atoms with Crippen LogP contribution in [0.4, 0.5) is 0 Å². The summed E-state index contributed by atoms with van der Waals surface area (Å²) in [7, 11) is 0. The van der Waals surface area contributed by atoms with Crippen LogP contribution < -0.4 is 5.32 Å². The number of rotatable bonds is 8. The summed E-state index contributed by atoms with van der Waals surface area (Å²) in [4.78, 5) is 16.8. The predicted molar refractivity (Wildman–Crippen MR) is 97.0 cm³/mol. The molecule has 0 bridgehead atoms. The standard InChI is InChI=1S/C20H24N2O2/c1-3-24-20(23)19(22-15-18-12-8-5-9-13-18)16(2)21-14-17-10-6-4-7-11-17/h4-13,19,22H,3,14-15H2,1-2H3. The van der Waals surface area contributed by atoms with Crippen molar-refractivity contribution in [1.29, 1.82) is 0 Å². The third-order valence-corrected chi connectivity index (χ3v) is 3.65. The van der Waals surface area contributed by atoms with E-state index in [1.54, 1.807) is 0 Å². The minimum atomic E-state index is -0.533. The van der Waals surface area contributed by atoms with Gasteiger partial charge in [0.2, 0.25) is 0 Å². The normalized spacial score (nSPS) is 12.7. The molecule has 4 heteroatoms. The first-order chi connectivity index (χ1) is 11.7. The van der Waals surface area contributed by atoms with E-state index in [1.807, 2.05) is 74.5 Å². The van der Waals surface area contributed by atoms with Gasteiger partial charge in [-0.2, -0.15) is 0 Å². The van der Waals surface area contributed by atoms with Crippen LogP contribution in [-0.2, 0) is 22.6 Å². The molecular weight excluding hydrogens is 300 g/mol. The summed E-state index contributed by atoms with van der Waals surface area (Å²) in [5, 5.41) is 3.25. The fourth-order valence-corrected chi connectivity index (χ4v) is 2.33. The van der Waals surface area contributed by atoms with Crippen LogP contribution in [0, 0.1) is 0 Å². The summed E-state index contributed by atoms with van der Waals surface area (Å²) < 4.78 is 5.18. The van der Waals surface area contributed by atoms with Crippen molar-refractivity contribution in [2.75, 3.05) is 6.61 Å². The van der Waals surface area contributed by atoms with Crippen molar-refractivity contribution in [3.63, 3.8) is 0 Å². The van der Waals surface area contributed by atoms with E-state index < -0.39 is 6.04 Å². The Morgan fingerprint density at radius 1 is 1.04 bits per heavy atom. The summed E-state index contributed by atoms with van der Waals surface area (Å²) in [6.07, 6.45) is 0. The third-order valence-electron chi connectivity index (χ3n) is 3.65. The van der Waals surface area contributed by atoms with Crippen LogP contribution in [0.15, 0.2) is 65.7 Å². The molecule has 1 N–H and O–H groups in total. The number of carbonyl (C=O) groups is 1. The van der Waals surface area contributed by atoms with Crippen LogP contribution in [0.25, 0.3) is 0 Å². The second kappa shape index (κ2) is 9.63. The molecular formula is C20H24N2O2. The molecule has 0 aliphatic rings. The largest absolute Gasteiger partial charge is 0.465 e. The number of benzene rings is 2. The summed E-state index contributed by atoms with van der Waals surface area (Å²) >= 11 is 0. The first-order valence-corrected chi connectivity index (χ1v) is 8.19. The van der Waals surface area contributed by atoms with Crippen LogP contribution in [0.1, 0.15) is 25.0 Å². The predicted octanol–water partition coefficient (Wildman–Crippen LogP) is 3.37. The molecule has 0 heterocycles. The Balaban J connectivity index is 2.05. The minimum absolute atomic E-state index is 0.289. The van der Waals surface area contributed by atoms with Gasteiger partial charge in [-0.15, -0.1) is 0 Å². The molecule has 0 aromatic heterocycles. The third kappa shape index (κ3) is 5.63. The number of aliphatic imine (C=N–C) groups is 1. The maximum absolute atomic E-state index is 12.3. The van der Waals surface area contributed by atoms with E-state index in [9.17, 15) is 4.79 Å². The lowest BCUT2D eigenvalue weighted by molar-refractivity contribution is -0.143. The number of hydrogen-bond donors (Lipinski definition) is 1. The zero-order valence-electron chi connectivity index (χ0n) is 14.2. The first kappa shape index (κ1) is 17.9. The Hall–Kier alpha value is -2.46. The molecule has 0 saturated heterocycles. The van der Waals surface area contributed by atoms with Crippen molar-refractivity contribution in [1.82, 2.24) is 5.32 Å². The van der Waals surface area contributed by atoms with E-state index in [-0.39, 0.29) is 5.97 Å². The lowest BCUT2D eigenvalue weighted by Crippen LogP contribution is -2.43. The number of nitrogens with one attached hydrogen (secondary N) is 1. The van der Waals surface area contributed by atoms with Gasteiger partial charge in [-0.3, -0.25) is 10.3 Å². The smallest absolute Gasteiger partial charge is 0.329 e. The zero-order chi connectivity index (χ0) is 17.2. The molecule has 24 heavy (non-hydrogen) atoms. The Morgan fingerprint density at radius 3 is 2.21 bits per heavy atom. The van der Waals surface area contributed by atoms with Crippen molar-refractivity contribution in [3.05, 3.63) is 71.8 Å². The van der Waals surface area contributed by atoms with Gasteiger partial charge in [0.25, 0.3) is 0 Å². The van der Waals surface area contributed by atoms with Gasteiger partial charge in [0.05, 0.1) is 13.2 Å². The highest BCUT2D eigenvalue weighted by Gasteiger charge is 2.22. The van der Waals surface area contributed by atoms with Gasteiger partial charge in [-0.1, -0.05) is 60.7 Å². The second-order valence-electron chi connectivity index (χ2n) is 5.49. The van der Waals surface area contributed by atoms with Crippen molar-refractivity contribution in [2.24, 2.45) is 4.99 Å². The lowest BCUT2D eigenvalue weighted by atomic mass is 10.1. The van der Waals surface area contributed by atoms with Crippen molar-refractivity contribution >= 4 is 11.7 Å². The molecule has 126 valence electrons. The monoisotopic (exact) mass is 324 g/mol. The molecule has 4 nitrogen and oxygen atoms in total. The highest BCUT2D eigenvalue weighted by atomic mass is 16.5. The number of nitrogens with zero attached hydrogens (tertiary/aromatic N) is 1. The molecule has 0 spiro atoms. The molecule has 0 aliphatic carbocycles. The van der Waals surface area contributed by atoms with Crippen molar-refractivity contribution in [3.8, 4) is 0 Å². The fourth-order valence-electron chi connectivity index (χ4n) is 2.33. The molecule has 0 amide bonds. The average Bonchev–Trinajstić information content (AvgIpc) is 2.62. The van der Waals surface area contributed by atoms with E-state index in [4.69, 9.17) is 4.74 Å². The van der Waals surface area contributed by atoms with Gasteiger partial charge < -0.3 is 4.74 Å². The van der Waals surface area contributed by atoms with Crippen molar-refractivity contribution in [2.45, 2.75) is 33.0 Å². The van der Waals surface area contributed by atoms with Crippen LogP contribution in [0.2, 0.25) is 0 Å². The zero-order valence-corrected chi connectivity index (χ0v) is 14.2. The molecule has 1 unspecified atom stereocenters. The quantitative estimate of drug-likeness (QED) is 0.598. The van der Waals surface area contributed by atoms with E-state index in [0.29, 0.717) is 19.7 Å². The molecule has 0 saturated carbocycles. The molecule has 0 fully saturated rings. The maximum atomic E-state index is 12.3. The molecule has 2 rings (SSSR count). The van der Waals surface area contributed by atoms with Gasteiger partial charge >= 0.3 is 5.97 Å². The summed E-state index contributed by atoms with van der Waals surface area (Å²) in [5.41, 5.74) is 2.96. The van der Waals surface area contributed by atoms with E-state index in [2.05, 4.69) is 10.3 Å². The average molecular weight is 324 g/mol. The minimum Gasteiger partial charge on any atom is -0.465 e. The van der Waals surface area contributed by atoms with Crippen LogP contribution >= 0.6 is 0 Å². The number of ether oxygens (including phenoxy) is 1. The topological polar surface area (TPSA) is 50.7 Å². The Kier molecular flexibility index (Phi) is 7.18. The molecule has 2 aromatic carbocycles. The number of esters is 1. The van der Waals surface area contributed by atoms with Gasteiger partial charge in [0.1, 0.15) is 6.04 Å². The maximum Gasteiger partial charge on any atom is 0.329 e. The van der Waals surface area contributed by atoms with Crippen LogP contribution in [-0.4, -0.2) is 24.3 Å². The van der Waals surface area contributed by atoms with Gasteiger partial charge in [0, 0.05) is 12.3 Å². The SMILES string of the molecule is CCOC(=O)C(NCc1ccccc1)C(C)=NCc1ccccc1. The molecule has 0 radical (unpaired) electrons.